The Balaban J connectivity index is 1.85. The number of anilines is 1. The Bertz CT molecular complexity index is 591. The summed E-state index contributed by atoms with van der Waals surface area (Å²) in [5, 5.41) is 6.31. The van der Waals surface area contributed by atoms with Crippen molar-refractivity contribution in [3.63, 3.8) is 0 Å². The van der Waals surface area contributed by atoms with Gasteiger partial charge in [-0.1, -0.05) is 49.7 Å². The van der Waals surface area contributed by atoms with Gasteiger partial charge in [0.2, 0.25) is 0 Å². The van der Waals surface area contributed by atoms with Crippen LogP contribution in [0.15, 0.2) is 48.5 Å². The van der Waals surface area contributed by atoms with Crippen molar-refractivity contribution in [2.24, 2.45) is 0 Å². The highest BCUT2D eigenvalue weighted by atomic mass is 35.5. The molecule has 0 saturated carbocycles. The molecule has 0 spiro atoms. The van der Waals surface area contributed by atoms with Crippen LogP contribution in [0, 0.1) is 0 Å². The van der Waals surface area contributed by atoms with Crippen LogP contribution in [0.3, 0.4) is 0 Å². The first-order chi connectivity index (χ1) is 10.0. The summed E-state index contributed by atoms with van der Waals surface area (Å²) in [4.78, 5) is 11.8. The minimum atomic E-state index is -0.220. The third-order valence-corrected chi connectivity index (χ3v) is 3.45. The van der Waals surface area contributed by atoms with Gasteiger partial charge in [-0.3, -0.25) is 0 Å². The summed E-state index contributed by atoms with van der Waals surface area (Å²) in [5.74, 6) is 0.484. The Morgan fingerprint density at radius 2 is 1.67 bits per heavy atom. The zero-order chi connectivity index (χ0) is 15.2. The van der Waals surface area contributed by atoms with Gasteiger partial charge in [-0.25, -0.2) is 4.79 Å². The number of carbonyl (C=O) groups excluding carboxylic acids is 1. The van der Waals surface area contributed by atoms with Crippen molar-refractivity contribution in [2.45, 2.75) is 26.3 Å². The van der Waals surface area contributed by atoms with E-state index >= 15 is 0 Å². The molecule has 0 aliphatic heterocycles. The van der Waals surface area contributed by atoms with Crippen molar-refractivity contribution in [2.75, 3.05) is 5.32 Å². The molecule has 2 rings (SSSR count). The zero-order valence-electron chi connectivity index (χ0n) is 12.2. The molecule has 0 aromatic heterocycles. The second-order valence-electron chi connectivity index (χ2n) is 5.21. The quantitative estimate of drug-likeness (QED) is 0.838. The first-order valence-electron chi connectivity index (χ1n) is 6.94. The fraction of sp³-hybridized carbons (Fsp3) is 0.235. The fourth-order valence-corrected chi connectivity index (χ4v) is 2.04. The van der Waals surface area contributed by atoms with Crippen LogP contribution in [0.2, 0.25) is 5.02 Å². The Morgan fingerprint density at radius 1 is 1.05 bits per heavy atom. The number of amides is 2. The lowest BCUT2D eigenvalue weighted by Crippen LogP contribution is -2.28. The van der Waals surface area contributed by atoms with Gasteiger partial charge in [0.25, 0.3) is 0 Å². The molecule has 0 heterocycles. The van der Waals surface area contributed by atoms with Crippen molar-refractivity contribution in [1.82, 2.24) is 5.32 Å². The van der Waals surface area contributed by atoms with Gasteiger partial charge in [0.15, 0.2) is 0 Å². The molecule has 4 heteroatoms. The Kier molecular flexibility index (Phi) is 5.23. The van der Waals surface area contributed by atoms with E-state index in [-0.39, 0.29) is 6.03 Å². The lowest BCUT2D eigenvalue weighted by Gasteiger charge is -2.09. The number of halogens is 1. The van der Waals surface area contributed by atoms with Crippen LogP contribution in [-0.2, 0) is 6.54 Å². The summed E-state index contributed by atoms with van der Waals surface area (Å²) in [6.45, 7) is 4.75. The first kappa shape index (κ1) is 15.4. The minimum absolute atomic E-state index is 0.220. The van der Waals surface area contributed by atoms with Gasteiger partial charge in [-0.05, 0) is 41.3 Å². The SMILES string of the molecule is CC(C)c1ccc(NC(=O)NCc2ccc(Cl)cc2)cc1. The minimum Gasteiger partial charge on any atom is -0.334 e. The number of rotatable bonds is 4. The van der Waals surface area contributed by atoms with E-state index in [1.54, 1.807) is 12.1 Å². The summed E-state index contributed by atoms with van der Waals surface area (Å²) >= 11 is 5.82. The average Bonchev–Trinajstić information content (AvgIpc) is 2.47. The predicted octanol–water partition coefficient (Wildman–Crippen LogP) is 4.79. The van der Waals surface area contributed by atoms with E-state index in [1.165, 1.54) is 5.56 Å². The van der Waals surface area contributed by atoms with E-state index < -0.39 is 0 Å². The summed E-state index contributed by atoms with van der Waals surface area (Å²) in [6.07, 6.45) is 0. The highest BCUT2D eigenvalue weighted by Crippen LogP contribution is 2.17. The number of carbonyl (C=O) groups is 1. The van der Waals surface area contributed by atoms with Gasteiger partial charge in [0.1, 0.15) is 0 Å². The topological polar surface area (TPSA) is 41.1 Å². The first-order valence-corrected chi connectivity index (χ1v) is 7.31. The van der Waals surface area contributed by atoms with Crippen LogP contribution in [0.25, 0.3) is 0 Å². The smallest absolute Gasteiger partial charge is 0.319 e. The monoisotopic (exact) mass is 302 g/mol. The summed E-state index contributed by atoms with van der Waals surface area (Å²) < 4.78 is 0. The molecule has 0 atom stereocenters. The van der Waals surface area contributed by atoms with Gasteiger partial charge in [-0.15, -0.1) is 0 Å². The van der Waals surface area contributed by atoms with E-state index in [4.69, 9.17) is 11.6 Å². The molecular formula is C17H19ClN2O. The summed E-state index contributed by atoms with van der Waals surface area (Å²) in [7, 11) is 0. The second kappa shape index (κ2) is 7.14. The molecule has 0 aliphatic rings. The predicted molar refractivity (Wildman–Crippen MR) is 87.8 cm³/mol. The lowest BCUT2D eigenvalue weighted by molar-refractivity contribution is 0.251. The lowest BCUT2D eigenvalue weighted by atomic mass is 10.0. The van der Waals surface area contributed by atoms with Crippen molar-refractivity contribution in [1.29, 1.82) is 0 Å². The van der Waals surface area contributed by atoms with Gasteiger partial charge >= 0.3 is 6.03 Å². The van der Waals surface area contributed by atoms with E-state index in [9.17, 15) is 4.79 Å². The molecule has 0 fully saturated rings. The summed E-state index contributed by atoms with van der Waals surface area (Å²) in [5.41, 5.74) is 3.04. The largest absolute Gasteiger partial charge is 0.334 e. The van der Waals surface area contributed by atoms with Gasteiger partial charge < -0.3 is 10.6 Å². The van der Waals surface area contributed by atoms with Crippen molar-refractivity contribution in [3.05, 3.63) is 64.7 Å². The highest BCUT2D eigenvalue weighted by molar-refractivity contribution is 6.30. The molecule has 0 radical (unpaired) electrons. The molecule has 0 aliphatic carbocycles. The maximum Gasteiger partial charge on any atom is 0.319 e. The maximum atomic E-state index is 11.8. The van der Waals surface area contributed by atoms with Crippen molar-refractivity contribution >= 4 is 23.3 Å². The standard InChI is InChI=1S/C17H19ClN2O/c1-12(2)14-5-9-16(10-6-14)20-17(21)19-11-13-3-7-15(18)8-4-13/h3-10,12H,11H2,1-2H3,(H2,19,20,21). The van der Waals surface area contributed by atoms with Gasteiger partial charge in [0.05, 0.1) is 0 Å². The molecule has 0 bridgehead atoms. The van der Waals surface area contributed by atoms with Crippen LogP contribution in [0.1, 0.15) is 30.9 Å². The number of hydrogen-bond donors (Lipinski definition) is 2. The molecule has 2 amide bonds. The third kappa shape index (κ3) is 4.80. The number of hydrogen-bond acceptors (Lipinski definition) is 1. The third-order valence-electron chi connectivity index (χ3n) is 3.20. The molecule has 21 heavy (non-hydrogen) atoms. The van der Waals surface area contributed by atoms with Crippen LogP contribution in [0.5, 0.6) is 0 Å². The van der Waals surface area contributed by atoms with Gasteiger partial charge in [-0.2, -0.15) is 0 Å². The zero-order valence-corrected chi connectivity index (χ0v) is 12.9. The maximum absolute atomic E-state index is 11.8. The normalized spacial score (nSPS) is 10.5. The van der Waals surface area contributed by atoms with Crippen molar-refractivity contribution in [3.8, 4) is 0 Å². The Hall–Kier alpha value is -2.00. The fourth-order valence-electron chi connectivity index (χ4n) is 1.91. The molecule has 2 aromatic carbocycles. The van der Waals surface area contributed by atoms with Crippen molar-refractivity contribution < 1.29 is 4.79 Å². The Labute approximate surface area is 130 Å². The molecule has 2 N–H and O–H groups in total. The highest BCUT2D eigenvalue weighted by Gasteiger charge is 2.03. The molecule has 0 unspecified atom stereocenters. The van der Waals surface area contributed by atoms with E-state index in [0.717, 1.165) is 11.3 Å². The number of benzene rings is 2. The average molecular weight is 303 g/mol. The van der Waals surface area contributed by atoms with Crippen LogP contribution in [-0.4, -0.2) is 6.03 Å². The van der Waals surface area contributed by atoms with Crippen LogP contribution < -0.4 is 10.6 Å². The number of urea groups is 1. The molecule has 0 saturated heterocycles. The molecule has 2 aromatic rings. The van der Waals surface area contributed by atoms with E-state index in [2.05, 4.69) is 24.5 Å². The number of nitrogens with one attached hydrogen (secondary N) is 2. The Morgan fingerprint density at radius 3 is 2.24 bits per heavy atom. The van der Waals surface area contributed by atoms with E-state index in [0.29, 0.717) is 17.5 Å². The van der Waals surface area contributed by atoms with Crippen LogP contribution in [0.4, 0.5) is 10.5 Å². The van der Waals surface area contributed by atoms with E-state index in [1.807, 2.05) is 36.4 Å². The van der Waals surface area contributed by atoms with Gasteiger partial charge in [0, 0.05) is 17.3 Å². The molecular weight excluding hydrogens is 284 g/mol. The molecule has 110 valence electrons. The second-order valence-corrected chi connectivity index (χ2v) is 5.65. The summed E-state index contributed by atoms with van der Waals surface area (Å²) in [6, 6.07) is 15.1. The molecule has 3 nitrogen and oxygen atoms in total. The van der Waals surface area contributed by atoms with Crippen LogP contribution >= 0.6 is 11.6 Å².